The second-order valence-corrected chi connectivity index (χ2v) is 2.85. The number of fused-ring (bicyclic) bond motifs is 1. The second-order valence-electron chi connectivity index (χ2n) is 2.85. The first-order valence-electron chi connectivity index (χ1n) is 3.79. The lowest BCUT2D eigenvalue weighted by molar-refractivity contribution is -0.137. The van der Waals surface area contributed by atoms with Crippen molar-refractivity contribution in [2.75, 3.05) is 5.73 Å². The van der Waals surface area contributed by atoms with E-state index < -0.39 is 11.7 Å². The lowest BCUT2D eigenvalue weighted by Gasteiger charge is -2.04. The fourth-order valence-electron chi connectivity index (χ4n) is 1.20. The van der Waals surface area contributed by atoms with Crippen LogP contribution in [0.2, 0.25) is 0 Å². The summed E-state index contributed by atoms with van der Waals surface area (Å²) < 4.78 is 36.8. The number of halogens is 3. The van der Waals surface area contributed by atoms with E-state index in [4.69, 9.17) is 5.73 Å². The molecule has 0 fully saturated rings. The predicted molar refractivity (Wildman–Crippen MR) is 45.5 cm³/mol. The van der Waals surface area contributed by atoms with E-state index >= 15 is 0 Å². The van der Waals surface area contributed by atoms with Crippen LogP contribution in [-0.4, -0.2) is 9.97 Å². The zero-order valence-electron chi connectivity index (χ0n) is 6.89. The predicted octanol–water partition coefficient (Wildman–Crippen LogP) is 2.16. The Kier molecular flexibility index (Phi) is 1.67. The number of rotatable bonds is 0. The van der Waals surface area contributed by atoms with Gasteiger partial charge in [0.2, 0.25) is 0 Å². The summed E-state index contributed by atoms with van der Waals surface area (Å²) >= 11 is 0. The van der Waals surface area contributed by atoms with Crippen molar-refractivity contribution in [3.63, 3.8) is 0 Å². The van der Waals surface area contributed by atoms with Gasteiger partial charge in [-0.2, -0.15) is 13.2 Å². The van der Waals surface area contributed by atoms with Crippen molar-refractivity contribution in [1.82, 2.24) is 9.97 Å². The highest BCUT2D eigenvalue weighted by molar-refractivity contribution is 5.77. The maximum atomic E-state index is 12.3. The highest BCUT2D eigenvalue weighted by atomic mass is 19.4. The van der Waals surface area contributed by atoms with E-state index in [2.05, 4.69) is 9.97 Å². The van der Waals surface area contributed by atoms with Gasteiger partial charge in [-0.1, -0.05) is 0 Å². The minimum absolute atomic E-state index is 0.110. The van der Waals surface area contributed by atoms with Crippen LogP contribution in [0.3, 0.4) is 0 Å². The highest BCUT2D eigenvalue weighted by Gasteiger charge is 2.30. The topological polar surface area (TPSA) is 54.7 Å². The van der Waals surface area contributed by atoms with Gasteiger partial charge >= 0.3 is 6.18 Å². The lowest BCUT2D eigenvalue weighted by Crippen LogP contribution is -2.04. The molecule has 1 heterocycles. The zero-order valence-corrected chi connectivity index (χ0v) is 6.89. The van der Waals surface area contributed by atoms with E-state index in [0.29, 0.717) is 5.52 Å². The van der Waals surface area contributed by atoms with Crippen molar-refractivity contribution < 1.29 is 13.2 Å². The fraction of sp³-hybridized carbons (Fsp3) is 0.125. The maximum absolute atomic E-state index is 12.3. The number of nitrogens with zero attached hydrogens (tertiary/aromatic N) is 1. The number of nitrogens with two attached hydrogens (primary N) is 1. The smallest absolute Gasteiger partial charge is 0.369 e. The van der Waals surface area contributed by atoms with Crippen molar-refractivity contribution in [1.29, 1.82) is 0 Å². The van der Waals surface area contributed by atoms with Crippen molar-refractivity contribution in [3.8, 4) is 0 Å². The number of hydrogen-bond acceptors (Lipinski definition) is 2. The van der Waals surface area contributed by atoms with E-state index in [1.165, 1.54) is 6.07 Å². The van der Waals surface area contributed by atoms with E-state index in [0.717, 1.165) is 12.1 Å². The normalized spacial score (nSPS) is 12.2. The molecule has 74 valence electrons. The van der Waals surface area contributed by atoms with Crippen molar-refractivity contribution in [3.05, 3.63) is 23.8 Å². The van der Waals surface area contributed by atoms with E-state index in [1.807, 2.05) is 0 Å². The van der Waals surface area contributed by atoms with Crippen LogP contribution in [0, 0.1) is 0 Å². The van der Waals surface area contributed by atoms with Crippen LogP contribution in [0.15, 0.2) is 18.2 Å². The number of benzene rings is 1. The van der Waals surface area contributed by atoms with Gasteiger partial charge in [0, 0.05) is 0 Å². The van der Waals surface area contributed by atoms with Gasteiger partial charge in [-0.25, -0.2) is 4.98 Å². The molecule has 0 aliphatic heterocycles. The van der Waals surface area contributed by atoms with Gasteiger partial charge in [0.05, 0.1) is 16.6 Å². The average molecular weight is 201 g/mol. The zero-order chi connectivity index (χ0) is 10.3. The van der Waals surface area contributed by atoms with Gasteiger partial charge in [0.15, 0.2) is 5.95 Å². The van der Waals surface area contributed by atoms with Gasteiger partial charge in [0.1, 0.15) is 0 Å². The average Bonchev–Trinajstić information content (AvgIpc) is 2.41. The molecule has 3 N–H and O–H groups in total. The number of H-pyrrole nitrogens is 1. The molecule has 0 aliphatic rings. The van der Waals surface area contributed by atoms with Crippen molar-refractivity contribution in [2.45, 2.75) is 6.18 Å². The SMILES string of the molecule is Nc1nc2cc(C(F)(F)F)ccc2[nH]1. The number of alkyl halides is 3. The summed E-state index contributed by atoms with van der Waals surface area (Å²) in [4.78, 5) is 6.35. The number of imidazole rings is 1. The Morgan fingerprint density at radius 1 is 1.29 bits per heavy atom. The molecule has 0 unspecified atom stereocenters. The molecule has 0 aliphatic carbocycles. The van der Waals surface area contributed by atoms with Crippen molar-refractivity contribution in [2.24, 2.45) is 0 Å². The Hall–Kier alpha value is -1.72. The molecule has 0 bridgehead atoms. The largest absolute Gasteiger partial charge is 0.416 e. The first-order valence-corrected chi connectivity index (χ1v) is 3.79. The first-order chi connectivity index (χ1) is 6.47. The highest BCUT2D eigenvalue weighted by Crippen LogP contribution is 2.30. The number of aromatic nitrogens is 2. The molecule has 2 aromatic rings. The van der Waals surface area contributed by atoms with Gasteiger partial charge in [-0.05, 0) is 18.2 Å². The van der Waals surface area contributed by atoms with E-state index in [9.17, 15) is 13.2 Å². The molecule has 14 heavy (non-hydrogen) atoms. The van der Waals surface area contributed by atoms with Gasteiger partial charge < -0.3 is 10.7 Å². The van der Waals surface area contributed by atoms with Gasteiger partial charge in [-0.3, -0.25) is 0 Å². The van der Waals surface area contributed by atoms with Crippen LogP contribution in [0.5, 0.6) is 0 Å². The van der Waals surface area contributed by atoms with Crippen molar-refractivity contribution >= 4 is 17.0 Å². The number of aromatic amines is 1. The lowest BCUT2D eigenvalue weighted by atomic mass is 10.2. The Morgan fingerprint density at radius 2 is 2.00 bits per heavy atom. The Labute approximate surface area is 76.7 Å². The fourth-order valence-corrected chi connectivity index (χ4v) is 1.20. The third kappa shape index (κ3) is 1.39. The van der Waals surface area contributed by atoms with E-state index in [1.54, 1.807) is 0 Å². The molecular formula is C8H6F3N3. The molecule has 0 radical (unpaired) electrons. The van der Waals surface area contributed by atoms with E-state index in [-0.39, 0.29) is 11.5 Å². The summed E-state index contributed by atoms with van der Waals surface area (Å²) in [5.74, 6) is 0.110. The Morgan fingerprint density at radius 3 is 2.64 bits per heavy atom. The molecule has 0 saturated carbocycles. The van der Waals surface area contributed by atoms with Crippen LogP contribution in [0.4, 0.5) is 19.1 Å². The number of anilines is 1. The monoisotopic (exact) mass is 201 g/mol. The van der Waals surface area contributed by atoms with Crippen LogP contribution in [0.25, 0.3) is 11.0 Å². The first kappa shape index (κ1) is 8.86. The summed E-state index contributed by atoms with van der Waals surface area (Å²) in [5.41, 5.74) is 5.29. The van der Waals surface area contributed by atoms with Crippen LogP contribution < -0.4 is 5.73 Å². The number of nitrogen functional groups attached to an aromatic ring is 1. The molecule has 0 amide bonds. The minimum atomic E-state index is -4.35. The molecule has 3 nitrogen and oxygen atoms in total. The van der Waals surface area contributed by atoms with Crippen LogP contribution >= 0.6 is 0 Å². The summed E-state index contributed by atoms with van der Waals surface area (Å²) in [5, 5.41) is 0. The van der Waals surface area contributed by atoms with Crippen LogP contribution in [-0.2, 0) is 6.18 Å². The molecule has 0 spiro atoms. The number of nitrogens with one attached hydrogen (secondary N) is 1. The number of hydrogen-bond donors (Lipinski definition) is 2. The molecule has 0 atom stereocenters. The van der Waals surface area contributed by atoms with Gasteiger partial charge in [0.25, 0.3) is 0 Å². The molecule has 1 aromatic heterocycles. The third-order valence-electron chi connectivity index (χ3n) is 1.83. The van der Waals surface area contributed by atoms with Crippen LogP contribution in [0.1, 0.15) is 5.56 Å². The maximum Gasteiger partial charge on any atom is 0.416 e. The molecule has 2 rings (SSSR count). The Balaban J connectivity index is 2.62. The molecule has 6 heteroatoms. The molecular weight excluding hydrogens is 195 g/mol. The minimum Gasteiger partial charge on any atom is -0.369 e. The summed E-state index contributed by atoms with van der Waals surface area (Å²) in [6, 6.07) is 3.25. The quantitative estimate of drug-likeness (QED) is 0.686. The standard InChI is InChI=1S/C8H6F3N3/c9-8(10,11)4-1-2-5-6(3-4)14-7(12)13-5/h1-3H,(H3,12,13,14). The summed E-state index contributed by atoms with van der Waals surface area (Å²) in [7, 11) is 0. The summed E-state index contributed by atoms with van der Waals surface area (Å²) in [6.45, 7) is 0. The molecule has 1 aromatic carbocycles. The Bertz CT molecular complexity index is 472. The van der Waals surface area contributed by atoms with Gasteiger partial charge in [-0.15, -0.1) is 0 Å². The second kappa shape index (κ2) is 2.63. The molecule has 0 saturated heterocycles. The summed E-state index contributed by atoms with van der Waals surface area (Å²) in [6.07, 6.45) is -4.35. The third-order valence-corrected chi connectivity index (χ3v) is 1.83.